The molecule has 2 aromatic heterocycles. The number of nitrogens with zero attached hydrogens (tertiary/aromatic N) is 4. The van der Waals surface area contributed by atoms with Gasteiger partial charge < -0.3 is 10.3 Å². The van der Waals surface area contributed by atoms with E-state index >= 15 is 0 Å². The van der Waals surface area contributed by atoms with E-state index in [0.29, 0.717) is 17.6 Å². The topological polar surface area (TPSA) is 82.8 Å². The van der Waals surface area contributed by atoms with E-state index in [2.05, 4.69) is 15.2 Å². The Morgan fingerprint density at radius 1 is 1.56 bits per heavy atom. The molecule has 84 valence electrons. The predicted octanol–water partition coefficient (Wildman–Crippen LogP) is 0.880. The quantitative estimate of drug-likeness (QED) is 0.828. The third-order valence-electron chi connectivity index (χ3n) is 2.82. The molecule has 1 unspecified atom stereocenters. The lowest BCUT2D eigenvalue weighted by Gasteiger charge is -2.01. The van der Waals surface area contributed by atoms with E-state index in [-0.39, 0.29) is 6.04 Å². The van der Waals surface area contributed by atoms with Crippen molar-refractivity contribution < 1.29 is 4.52 Å². The Bertz CT molecular complexity index is 499. The van der Waals surface area contributed by atoms with Crippen LogP contribution in [0.25, 0.3) is 11.5 Å². The lowest BCUT2D eigenvalue weighted by Crippen LogP contribution is -2.13. The van der Waals surface area contributed by atoms with Gasteiger partial charge in [0.25, 0.3) is 5.89 Å². The van der Waals surface area contributed by atoms with Gasteiger partial charge in [-0.25, -0.2) is 0 Å². The zero-order valence-electron chi connectivity index (χ0n) is 9.00. The fourth-order valence-electron chi connectivity index (χ4n) is 1.69. The van der Waals surface area contributed by atoms with Gasteiger partial charge in [-0.2, -0.15) is 10.1 Å². The van der Waals surface area contributed by atoms with E-state index in [1.54, 1.807) is 10.9 Å². The highest BCUT2D eigenvalue weighted by Crippen LogP contribution is 2.38. The first-order valence-electron chi connectivity index (χ1n) is 5.32. The fourth-order valence-corrected chi connectivity index (χ4v) is 1.69. The van der Waals surface area contributed by atoms with Crippen molar-refractivity contribution in [3.8, 4) is 11.5 Å². The van der Waals surface area contributed by atoms with Crippen LogP contribution in [0.15, 0.2) is 16.9 Å². The number of rotatable bonds is 3. The molecule has 1 saturated carbocycles. The Labute approximate surface area is 92.4 Å². The lowest BCUT2D eigenvalue weighted by atomic mass is 10.2. The highest BCUT2D eigenvalue weighted by Gasteiger charge is 2.32. The van der Waals surface area contributed by atoms with Crippen molar-refractivity contribution in [2.75, 3.05) is 0 Å². The van der Waals surface area contributed by atoms with Gasteiger partial charge >= 0.3 is 0 Å². The van der Waals surface area contributed by atoms with Crippen molar-refractivity contribution in [3.05, 3.63) is 18.2 Å². The molecule has 0 bridgehead atoms. The summed E-state index contributed by atoms with van der Waals surface area (Å²) >= 11 is 0. The molecule has 2 aromatic rings. The van der Waals surface area contributed by atoms with E-state index in [0.717, 1.165) is 18.4 Å². The molecular formula is C10H13N5O. The average molecular weight is 219 g/mol. The van der Waals surface area contributed by atoms with Crippen LogP contribution in [0.3, 0.4) is 0 Å². The van der Waals surface area contributed by atoms with E-state index in [4.69, 9.17) is 10.3 Å². The fraction of sp³-hybridized carbons (Fsp3) is 0.500. The maximum absolute atomic E-state index is 5.99. The standard InChI is InChI=1S/C10H13N5O/c1-15-5-7(4-12-15)10-13-9(14-16-10)8(11)6-2-3-6/h4-6,8H,2-3,11H2,1H3. The third-order valence-corrected chi connectivity index (χ3v) is 2.82. The maximum Gasteiger partial charge on any atom is 0.261 e. The number of aromatic nitrogens is 4. The van der Waals surface area contributed by atoms with Crippen molar-refractivity contribution in [1.29, 1.82) is 0 Å². The summed E-state index contributed by atoms with van der Waals surface area (Å²) in [4.78, 5) is 4.30. The number of nitrogens with two attached hydrogens (primary N) is 1. The molecule has 6 heteroatoms. The minimum atomic E-state index is -0.0887. The van der Waals surface area contributed by atoms with Gasteiger partial charge in [0.05, 0.1) is 17.8 Å². The molecule has 2 heterocycles. The van der Waals surface area contributed by atoms with Crippen LogP contribution >= 0.6 is 0 Å². The van der Waals surface area contributed by atoms with Crippen LogP contribution in [0.1, 0.15) is 24.7 Å². The second-order valence-electron chi connectivity index (χ2n) is 4.22. The van der Waals surface area contributed by atoms with Crippen LogP contribution in [-0.4, -0.2) is 19.9 Å². The van der Waals surface area contributed by atoms with Gasteiger partial charge in [-0.15, -0.1) is 0 Å². The predicted molar refractivity (Wildman–Crippen MR) is 56.2 cm³/mol. The van der Waals surface area contributed by atoms with Crippen LogP contribution in [0, 0.1) is 5.92 Å². The molecule has 6 nitrogen and oxygen atoms in total. The Balaban J connectivity index is 1.86. The number of hydrogen-bond acceptors (Lipinski definition) is 5. The van der Waals surface area contributed by atoms with Crippen LogP contribution in [-0.2, 0) is 7.05 Å². The van der Waals surface area contributed by atoms with Gasteiger partial charge in [-0.05, 0) is 18.8 Å². The highest BCUT2D eigenvalue weighted by atomic mass is 16.5. The van der Waals surface area contributed by atoms with Crippen molar-refractivity contribution in [2.24, 2.45) is 18.7 Å². The number of aryl methyl sites for hydroxylation is 1. The van der Waals surface area contributed by atoms with Crippen LogP contribution in [0.4, 0.5) is 0 Å². The Kier molecular flexibility index (Phi) is 2.03. The SMILES string of the molecule is Cn1cc(-c2nc(C(N)C3CC3)no2)cn1. The molecule has 16 heavy (non-hydrogen) atoms. The maximum atomic E-state index is 5.99. The summed E-state index contributed by atoms with van der Waals surface area (Å²) in [5.74, 6) is 1.61. The van der Waals surface area contributed by atoms with Gasteiger partial charge in [-0.1, -0.05) is 5.16 Å². The Hall–Kier alpha value is -1.69. The summed E-state index contributed by atoms with van der Waals surface area (Å²) < 4.78 is 6.86. The molecule has 0 aromatic carbocycles. The third kappa shape index (κ3) is 1.61. The van der Waals surface area contributed by atoms with Crippen LogP contribution in [0.2, 0.25) is 0 Å². The highest BCUT2D eigenvalue weighted by molar-refractivity contribution is 5.49. The van der Waals surface area contributed by atoms with Gasteiger partial charge in [-0.3, -0.25) is 4.68 Å². The Morgan fingerprint density at radius 2 is 2.38 bits per heavy atom. The first-order chi connectivity index (χ1) is 7.74. The van der Waals surface area contributed by atoms with Crippen LogP contribution < -0.4 is 5.73 Å². The van der Waals surface area contributed by atoms with Gasteiger partial charge in [0.2, 0.25) is 0 Å². The summed E-state index contributed by atoms with van der Waals surface area (Å²) in [6, 6.07) is -0.0887. The summed E-state index contributed by atoms with van der Waals surface area (Å²) in [7, 11) is 1.84. The van der Waals surface area contributed by atoms with Crippen molar-refractivity contribution in [3.63, 3.8) is 0 Å². The summed E-state index contributed by atoms with van der Waals surface area (Å²) in [5.41, 5.74) is 6.81. The van der Waals surface area contributed by atoms with E-state index in [9.17, 15) is 0 Å². The number of hydrogen-bond donors (Lipinski definition) is 1. The monoisotopic (exact) mass is 219 g/mol. The molecule has 3 rings (SSSR count). The normalized spacial score (nSPS) is 17.6. The lowest BCUT2D eigenvalue weighted by molar-refractivity contribution is 0.411. The summed E-state index contributed by atoms with van der Waals surface area (Å²) in [6.45, 7) is 0. The molecule has 1 atom stereocenters. The Morgan fingerprint density at radius 3 is 3.00 bits per heavy atom. The molecule has 0 saturated heterocycles. The molecule has 0 spiro atoms. The molecule has 1 fully saturated rings. The van der Waals surface area contributed by atoms with Crippen molar-refractivity contribution in [2.45, 2.75) is 18.9 Å². The molecule has 0 aliphatic heterocycles. The molecule has 1 aliphatic carbocycles. The minimum absolute atomic E-state index is 0.0887. The first kappa shape index (κ1) is 9.53. The van der Waals surface area contributed by atoms with Crippen molar-refractivity contribution in [1.82, 2.24) is 19.9 Å². The zero-order chi connectivity index (χ0) is 11.1. The zero-order valence-corrected chi connectivity index (χ0v) is 9.00. The van der Waals surface area contributed by atoms with Gasteiger partial charge in [0.1, 0.15) is 0 Å². The largest absolute Gasteiger partial charge is 0.334 e. The molecular weight excluding hydrogens is 206 g/mol. The first-order valence-corrected chi connectivity index (χ1v) is 5.32. The van der Waals surface area contributed by atoms with Gasteiger partial charge in [0, 0.05) is 13.2 Å². The van der Waals surface area contributed by atoms with Crippen molar-refractivity contribution >= 4 is 0 Å². The average Bonchev–Trinajstić information content (AvgIpc) is 2.84. The van der Waals surface area contributed by atoms with Crippen LogP contribution in [0.5, 0.6) is 0 Å². The molecule has 0 radical (unpaired) electrons. The van der Waals surface area contributed by atoms with E-state index in [1.165, 1.54) is 0 Å². The van der Waals surface area contributed by atoms with E-state index in [1.807, 2.05) is 13.2 Å². The minimum Gasteiger partial charge on any atom is -0.334 e. The molecule has 1 aliphatic rings. The second kappa shape index (κ2) is 3.41. The molecule has 0 amide bonds. The molecule has 2 N–H and O–H groups in total. The summed E-state index contributed by atoms with van der Waals surface area (Å²) in [5, 5.41) is 7.97. The van der Waals surface area contributed by atoms with Gasteiger partial charge in [0.15, 0.2) is 5.82 Å². The smallest absolute Gasteiger partial charge is 0.261 e. The second-order valence-corrected chi connectivity index (χ2v) is 4.22. The summed E-state index contributed by atoms with van der Waals surface area (Å²) in [6.07, 6.45) is 5.86. The van der Waals surface area contributed by atoms with E-state index < -0.39 is 0 Å².